The van der Waals surface area contributed by atoms with E-state index in [1.54, 1.807) is 6.08 Å². The van der Waals surface area contributed by atoms with Crippen LogP contribution in [0.5, 0.6) is 0 Å². The van der Waals surface area contributed by atoms with Crippen LogP contribution in [0.25, 0.3) is 0 Å². The van der Waals surface area contributed by atoms with E-state index in [0.29, 0.717) is 6.42 Å². The Kier molecular flexibility index (Phi) is 53.4. The molecule has 0 radical (unpaired) electrons. The molecule has 3 atom stereocenters. The van der Waals surface area contributed by atoms with Gasteiger partial charge in [-0.05, 0) is 44.9 Å². The molecule has 3 unspecified atom stereocenters. The molecule has 5 heteroatoms. The number of aliphatic hydroxyl groups is 3. The van der Waals surface area contributed by atoms with Gasteiger partial charge in [0, 0.05) is 0 Å². The summed E-state index contributed by atoms with van der Waals surface area (Å²) in [5.74, 6) is -0.498. The Morgan fingerprint density at radius 1 is 0.375 bits per heavy atom. The van der Waals surface area contributed by atoms with Crippen molar-refractivity contribution in [2.24, 2.45) is 0 Å². The van der Waals surface area contributed by atoms with Gasteiger partial charge in [0.05, 0.1) is 18.8 Å². The van der Waals surface area contributed by atoms with E-state index in [4.69, 9.17) is 0 Å². The van der Waals surface area contributed by atoms with Crippen LogP contribution in [0.2, 0.25) is 0 Å². The standard InChI is InChI=1S/C59H115NO4/c1-3-5-7-9-11-13-15-17-19-21-22-23-24-25-26-27-28-29-30-31-32-33-34-35-36-37-38-40-42-44-46-48-50-52-54-58(63)59(64)60-56(55-61)57(62)53-51-49-47-45-43-41-39-20-18-16-14-12-10-8-6-4-2/h27-28,51,53,56-58,61-63H,3-26,29-50,52,54-55H2,1-2H3,(H,60,64)/b28-27-,53-51+. The maximum absolute atomic E-state index is 12.5. The first-order valence-electron chi connectivity index (χ1n) is 29.2. The molecular formula is C59H115NO4. The maximum atomic E-state index is 12.5. The van der Waals surface area contributed by atoms with Gasteiger partial charge in [0.1, 0.15) is 6.10 Å². The molecule has 0 heterocycles. The monoisotopic (exact) mass is 902 g/mol. The maximum Gasteiger partial charge on any atom is 0.249 e. The number of nitrogens with one attached hydrogen (secondary N) is 1. The lowest BCUT2D eigenvalue weighted by molar-refractivity contribution is -0.131. The van der Waals surface area contributed by atoms with E-state index in [1.165, 1.54) is 270 Å². The number of allylic oxidation sites excluding steroid dienone is 3. The molecule has 0 aromatic heterocycles. The third-order valence-corrected chi connectivity index (χ3v) is 13.8. The Morgan fingerprint density at radius 2 is 0.625 bits per heavy atom. The lowest BCUT2D eigenvalue weighted by atomic mass is 10.0. The number of carbonyl (C=O) groups excluding carboxylic acids is 1. The number of carbonyl (C=O) groups is 1. The quantitative estimate of drug-likeness (QED) is 0.0362. The summed E-state index contributed by atoms with van der Waals surface area (Å²) in [4.78, 5) is 12.5. The summed E-state index contributed by atoms with van der Waals surface area (Å²) in [6.07, 6.45) is 69.9. The van der Waals surface area contributed by atoms with Crippen LogP contribution in [0.1, 0.15) is 322 Å². The molecule has 4 N–H and O–H groups in total. The molecule has 0 aliphatic heterocycles. The van der Waals surface area contributed by atoms with Crippen molar-refractivity contribution in [1.29, 1.82) is 0 Å². The second-order valence-corrected chi connectivity index (χ2v) is 20.2. The summed E-state index contributed by atoms with van der Waals surface area (Å²) in [5, 5.41) is 33.3. The lowest BCUT2D eigenvalue weighted by Gasteiger charge is -2.21. The first-order chi connectivity index (χ1) is 31.6. The molecule has 0 saturated heterocycles. The molecule has 0 aromatic carbocycles. The van der Waals surface area contributed by atoms with Crippen LogP contribution in [0.4, 0.5) is 0 Å². The topological polar surface area (TPSA) is 89.8 Å². The summed E-state index contributed by atoms with van der Waals surface area (Å²) in [7, 11) is 0. The van der Waals surface area contributed by atoms with Crippen LogP contribution in [-0.4, -0.2) is 46.1 Å². The number of aliphatic hydroxyl groups excluding tert-OH is 3. The van der Waals surface area contributed by atoms with Crippen LogP contribution in [0.15, 0.2) is 24.3 Å². The van der Waals surface area contributed by atoms with Gasteiger partial charge >= 0.3 is 0 Å². The summed E-state index contributed by atoms with van der Waals surface area (Å²) in [6, 6.07) is -0.796. The first-order valence-corrected chi connectivity index (χ1v) is 29.2. The predicted molar refractivity (Wildman–Crippen MR) is 282 cm³/mol. The van der Waals surface area contributed by atoms with E-state index in [1.807, 2.05) is 6.08 Å². The van der Waals surface area contributed by atoms with Crippen LogP contribution < -0.4 is 5.32 Å². The van der Waals surface area contributed by atoms with Gasteiger partial charge in [0.2, 0.25) is 5.91 Å². The SMILES string of the molecule is CCCCCCCCCCCCCCCC/C=C\CCCCCCCCCCCCCCCCCCC(O)C(=O)NC(CO)C(O)/C=C/CCCCCCCCCCCCCCCC. The highest BCUT2D eigenvalue weighted by Crippen LogP contribution is 2.18. The van der Waals surface area contributed by atoms with Crippen molar-refractivity contribution < 1.29 is 20.1 Å². The van der Waals surface area contributed by atoms with Gasteiger partial charge in [-0.3, -0.25) is 4.79 Å². The normalized spacial score (nSPS) is 13.4. The zero-order chi connectivity index (χ0) is 46.5. The Hall–Kier alpha value is -1.17. The molecule has 0 aromatic rings. The summed E-state index contributed by atoms with van der Waals surface area (Å²) >= 11 is 0. The van der Waals surface area contributed by atoms with Crippen LogP contribution >= 0.6 is 0 Å². The van der Waals surface area contributed by atoms with Crippen molar-refractivity contribution in [2.75, 3.05) is 6.61 Å². The number of unbranched alkanes of at least 4 members (excludes halogenated alkanes) is 44. The fraction of sp³-hybridized carbons (Fsp3) is 0.915. The van der Waals surface area contributed by atoms with Crippen molar-refractivity contribution in [3.05, 3.63) is 24.3 Å². The van der Waals surface area contributed by atoms with Crippen molar-refractivity contribution in [1.82, 2.24) is 5.32 Å². The zero-order valence-corrected chi connectivity index (χ0v) is 43.4. The van der Waals surface area contributed by atoms with E-state index in [2.05, 4.69) is 31.3 Å². The average Bonchev–Trinajstić information content (AvgIpc) is 3.30. The van der Waals surface area contributed by atoms with Crippen molar-refractivity contribution in [2.45, 2.75) is 340 Å². The number of hydrogen-bond donors (Lipinski definition) is 4. The van der Waals surface area contributed by atoms with Crippen molar-refractivity contribution in [3.8, 4) is 0 Å². The van der Waals surface area contributed by atoms with Gasteiger partial charge in [-0.15, -0.1) is 0 Å². The molecule has 380 valence electrons. The highest BCUT2D eigenvalue weighted by Gasteiger charge is 2.22. The zero-order valence-electron chi connectivity index (χ0n) is 43.4. The second kappa shape index (κ2) is 54.4. The molecule has 0 bridgehead atoms. The van der Waals surface area contributed by atoms with Crippen LogP contribution in [-0.2, 0) is 4.79 Å². The van der Waals surface area contributed by atoms with Gasteiger partial charge in [-0.1, -0.05) is 301 Å². The highest BCUT2D eigenvalue weighted by atomic mass is 16.3. The fourth-order valence-electron chi connectivity index (χ4n) is 9.24. The molecule has 1 amide bonds. The lowest BCUT2D eigenvalue weighted by Crippen LogP contribution is -2.48. The van der Waals surface area contributed by atoms with Crippen molar-refractivity contribution >= 4 is 5.91 Å². The minimum absolute atomic E-state index is 0.360. The van der Waals surface area contributed by atoms with Gasteiger partial charge in [-0.2, -0.15) is 0 Å². The van der Waals surface area contributed by atoms with Crippen molar-refractivity contribution in [3.63, 3.8) is 0 Å². The molecule has 0 aliphatic carbocycles. The first kappa shape index (κ1) is 62.8. The highest BCUT2D eigenvalue weighted by molar-refractivity contribution is 5.80. The number of amides is 1. The third-order valence-electron chi connectivity index (χ3n) is 13.8. The summed E-state index contributed by atoms with van der Waals surface area (Å²) in [5.41, 5.74) is 0. The fourth-order valence-corrected chi connectivity index (χ4v) is 9.24. The molecule has 64 heavy (non-hydrogen) atoms. The van der Waals surface area contributed by atoms with E-state index in [9.17, 15) is 20.1 Å². The largest absolute Gasteiger partial charge is 0.394 e. The molecule has 0 fully saturated rings. The van der Waals surface area contributed by atoms with E-state index < -0.39 is 24.2 Å². The molecule has 5 nitrogen and oxygen atoms in total. The average molecular weight is 903 g/mol. The minimum atomic E-state index is -1.10. The van der Waals surface area contributed by atoms with E-state index in [0.717, 1.165) is 32.1 Å². The Balaban J connectivity index is 3.49. The molecule has 0 aliphatic rings. The smallest absolute Gasteiger partial charge is 0.249 e. The second-order valence-electron chi connectivity index (χ2n) is 20.2. The Labute approximate surface area is 401 Å². The third kappa shape index (κ3) is 48.8. The molecule has 0 rings (SSSR count). The molecule has 0 spiro atoms. The number of rotatable bonds is 54. The van der Waals surface area contributed by atoms with Crippen LogP contribution in [0.3, 0.4) is 0 Å². The van der Waals surface area contributed by atoms with E-state index in [-0.39, 0.29) is 6.61 Å². The van der Waals surface area contributed by atoms with E-state index >= 15 is 0 Å². The van der Waals surface area contributed by atoms with Crippen LogP contribution in [0, 0.1) is 0 Å². The Morgan fingerprint density at radius 3 is 0.906 bits per heavy atom. The van der Waals surface area contributed by atoms with Gasteiger partial charge < -0.3 is 20.6 Å². The Bertz CT molecular complexity index is 951. The molecular weight excluding hydrogens is 787 g/mol. The predicted octanol–water partition coefficient (Wildman–Crippen LogP) is 18.1. The minimum Gasteiger partial charge on any atom is -0.394 e. The summed E-state index contributed by atoms with van der Waals surface area (Å²) < 4.78 is 0. The van der Waals surface area contributed by atoms with Gasteiger partial charge in [0.25, 0.3) is 0 Å². The van der Waals surface area contributed by atoms with Gasteiger partial charge in [-0.25, -0.2) is 0 Å². The summed E-state index contributed by atoms with van der Waals surface area (Å²) in [6.45, 7) is 4.21. The molecule has 0 saturated carbocycles. The van der Waals surface area contributed by atoms with Gasteiger partial charge in [0.15, 0.2) is 0 Å². The number of hydrogen-bond acceptors (Lipinski definition) is 4.